The summed E-state index contributed by atoms with van der Waals surface area (Å²) >= 11 is 6.15. The second kappa shape index (κ2) is 5.06. The van der Waals surface area contributed by atoms with E-state index >= 15 is 0 Å². The van der Waals surface area contributed by atoms with Gasteiger partial charge in [-0.1, -0.05) is 29.8 Å². The number of carbonyl (C=O) groups excluding carboxylic acids is 1. The fraction of sp³-hybridized carbons (Fsp3) is 0.133. The Morgan fingerprint density at radius 1 is 1.25 bits per heavy atom. The number of nitrogens with two attached hydrogens (primary N) is 1. The van der Waals surface area contributed by atoms with E-state index in [2.05, 4.69) is 0 Å². The molecule has 0 saturated heterocycles. The first-order chi connectivity index (χ1) is 9.65. The lowest BCUT2D eigenvalue weighted by molar-refractivity contribution is -0.121. The molecule has 0 atom stereocenters. The van der Waals surface area contributed by atoms with Crippen LogP contribution in [0.1, 0.15) is 5.56 Å². The van der Waals surface area contributed by atoms with Gasteiger partial charge in [0, 0.05) is 16.8 Å². The minimum Gasteiger partial charge on any atom is -0.481 e. The molecule has 102 valence electrons. The van der Waals surface area contributed by atoms with Gasteiger partial charge in [0.2, 0.25) is 0 Å². The van der Waals surface area contributed by atoms with Gasteiger partial charge in [-0.15, -0.1) is 0 Å². The van der Waals surface area contributed by atoms with Crippen LogP contribution in [0.4, 0.5) is 11.4 Å². The molecule has 1 heterocycles. The molecule has 3 rings (SSSR count). The zero-order valence-corrected chi connectivity index (χ0v) is 11.4. The molecular formula is C15H13ClN2O2. The van der Waals surface area contributed by atoms with Gasteiger partial charge in [-0.25, -0.2) is 0 Å². The smallest absolute Gasteiger partial charge is 0.265 e. The summed E-state index contributed by atoms with van der Waals surface area (Å²) in [7, 11) is 0. The van der Waals surface area contributed by atoms with Gasteiger partial charge in [0.1, 0.15) is 5.75 Å². The summed E-state index contributed by atoms with van der Waals surface area (Å²) in [5, 5.41) is 0.642. The molecule has 2 N–H and O–H groups in total. The molecule has 5 heteroatoms. The van der Waals surface area contributed by atoms with Crippen molar-refractivity contribution in [1.29, 1.82) is 0 Å². The first kappa shape index (κ1) is 12.8. The molecule has 2 aromatic carbocycles. The highest BCUT2D eigenvalue weighted by Gasteiger charge is 2.26. The van der Waals surface area contributed by atoms with E-state index in [9.17, 15) is 4.79 Å². The maximum atomic E-state index is 12.1. The predicted octanol–water partition coefficient (Wildman–Crippen LogP) is 2.85. The molecule has 0 unspecified atom stereocenters. The molecule has 0 aliphatic carbocycles. The third-order valence-corrected chi connectivity index (χ3v) is 3.58. The number of halogens is 1. The van der Waals surface area contributed by atoms with Crippen molar-refractivity contribution >= 4 is 28.9 Å². The molecule has 4 nitrogen and oxygen atoms in total. The number of rotatable bonds is 2. The molecule has 0 bridgehead atoms. The Bertz CT molecular complexity index is 673. The van der Waals surface area contributed by atoms with Crippen LogP contribution in [-0.2, 0) is 11.3 Å². The molecule has 0 fully saturated rings. The monoisotopic (exact) mass is 288 g/mol. The third kappa shape index (κ3) is 2.30. The van der Waals surface area contributed by atoms with E-state index in [1.54, 1.807) is 23.1 Å². The van der Waals surface area contributed by atoms with Crippen molar-refractivity contribution in [1.82, 2.24) is 0 Å². The lowest BCUT2D eigenvalue weighted by Crippen LogP contribution is -2.38. The highest BCUT2D eigenvalue weighted by molar-refractivity contribution is 6.31. The summed E-state index contributed by atoms with van der Waals surface area (Å²) < 4.78 is 5.41. The van der Waals surface area contributed by atoms with Gasteiger partial charge >= 0.3 is 0 Å². The molecule has 20 heavy (non-hydrogen) atoms. The summed E-state index contributed by atoms with van der Waals surface area (Å²) in [4.78, 5) is 13.8. The number of hydrogen-bond acceptors (Lipinski definition) is 3. The lowest BCUT2D eigenvalue weighted by Gasteiger charge is -2.29. The molecule has 0 aromatic heterocycles. The molecule has 2 aromatic rings. The number of ether oxygens (including phenoxy) is 1. The highest BCUT2D eigenvalue weighted by atomic mass is 35.5. The van der Waals surface area contributed by atoms with Crippen molar-refractivity contribution in [2.24, 2.45) is 0 Å². The van der Waals surface area contributed by atoms with Crippen LogP contribution in [0.2, 0.25) is 5.02 Å². The zero-order chi connectivity index (χ0) is 14.1. The Hall–Kier alpha value is -2.20. The van der Waals surface area contributed by atoms with Gasteiger partial charge in [0.05, 0.1) is 12.2 Å². The van der Waals surface area contributed by atoms with E-state index in [4.69, 9.17) is 22.1 Å². The summed E-state index contributed by atoms with van der Waals surface area (Å²) in [5.74, 6) is 0.527. The molecule has 0 saturated carbocycles. The maximum absolute atomic E-state index is 12.1. The van der Waals surface area contributed by atoms with Crippen molar-refractivity contribution in [3.05, 3.63) is 53.1 Å². The number of nitrogen functional groups attached to an aromatic ring is 1. The van der Waals surface area contributed by atoms with E-state index in [-0.39, 0.29) is 12.5 Å². The van der Waals surface area contributed by atoms with Gasteiger partial charge in [-0.05, 0) is 23.8 Å². The van der Waals surface area contributed by atoms with Crippen molar-refractivity contribution in [3.63, 3.8) is 0 Å². The Morgan fingerprint density at radius 3 is 2.85 bits per heavy atom. The SMILES string of the molecule is Nc1ccc2c(c1)OCC(=O)N2Cc1ccccc1Cl. The van der Waals surface area contributed by atoms with E-state index in [1.165, 1.54) is 0 Å². The number of nitrogens with zero attached hydrogens (tertiary/aromatic N) is 1. The Kier molecular flexibility index (Phi) is 3.24. The van der Waals surface area contributed by atoms with Crippen LogP contribution in [0, 0.1) is 0 Å². The van der Waals surface area contributed by atoms with Crippen molar-refractivity contribution in [3.8, 4) is 5.75 Å². The normalized spacial score (nSPS) is 13.8. The maximum Gasteiger partial charge on any atom is 0.265 e. The summed E-state index contributed by atoms with van der Waals surface area (Å²) in [6, 6.07) is 12.7. The largest absolute Gasteiger partial charge is 0.481 e. The fourth-order valence-electron chi connectivity index (χ4n) is 2.19. The summed E-state index contributed by atoms with van der Waals surface area (Å²) in [5.41, 5.74) is 7.95. The van der Waals surface area contributed by atoms with Gasteiger partial charge in [-0.3, -0.25) is 4.79 Å². The predicted molar refractivity (Wildman–Crippen MR) is 79.0 cm³/mol. The lowest BCUT2D eigenvalue weighted by atomic mass is 10.1. The van der Waals surface area contributed by atoms with Crippen LogP contribution in [0.5, 0.6) is 5.75 Å². The van der Waals surface area contributed by atoms with E-state index in [0.717, 1.165) is 11.3 Å². The zero-order valence-electron chi connectivity index (χ0n) is 10.7. The van der Waals surface area contributed by atoms with Crippen molar-refractivity contribution in [2.45, 2.75) is 6.54 Å². The van der Waals surface area contributed by atoms with Crippen LogP contribution in [0.15, 0.2) is 42.5 Å². The van der Waals surface area contributed by atoms with Crippen LogP contribution in [0.3, 0.4) is 0 Å². The standard InChI is InChI=1S/C15H13ClN2O2/c16-12-4-2-1-3-10(12)8-18-13-6-5-11(17)7-14(13)20-9-15(18)19/h1-7H,8-9,17H2. The first-order valence-corrected chi connectivity index (χ1v) is 6.59. The molecule has 0 spiro atoms. The first-order valence-electron chi connectivity index (χ1n) is 6.21. The van der Waals surface area contributed by atoms with Crippen LogP contribution >= 0.6 is 11.6 Å². The number of fused-ring (bicyclic) bond motifs is 1. The van der Waals surface area contributed by atoms with Crippen molar-refractivity contribution < 1.29 is 9.53 Å². The molecule has 1 aliphatic rings. The molecule has 1 aliphatic heterocycles. The molecule has 0 radical (unpaired) electrons. The van der Waals surface area contributed by atoms with Gasteiger partial charge in [-0.2, -0.15) is 0 Å². The van der Waals surface area contributed by atoms with Crippen molar-refractivity contribution in [2.75, 3.05) is 17.2 Å². The average molecular weight is 289 g/mol. The van der Waals surface area contributed by atoms with Gasteiger partial charge in [0.15, 0.2) is 6.61 Å². The highest BCUT2D eigenvalue weighted by Crippen LogP contribution is 2.35. The minimum atomic E-state index is -0.0952. The van der Waals surface area contributed by atoms with Gasteiger partial charge in [0.25, 0.3) is 5.91 Å². The number of hydrogen-bond donors (Lipinski definition) is 1. The number of amides is 1. The molecule has 1 amide bonds. The third-order valence-electron chi connectivity index (χ3n) is 3.21. The minimum absolute atomic E-state index is 0.0148. The average Bonchev–Trinajstić information content (AvgIpc) is 2.44. The number of carbonyl (C=O) groups is 1. The Balaban J connectivity index is 1.97. The van der Waals surface area contributed by atoms with Crippen LogP contribution in [-0.4, -0.2) is 12.5 Å². The second-order valence-electron chi connectivity index (χ2n) is 4.59. The number of benzene rings is 2. The summed E-state index contributed by atoms with van der Waals surface area (Å²) in [6.07, 6.45) is 0. The number of anilines is 2. The summed E-state index contributed by atoms with van der Waals surface area (Å²) in [6.45, 7) is 0.430. The van der Waals surface area contributed by atoms with Crippen LogP contribution in [0.25, 0.3) is 0 Å². The fourth-order valence-corrected chi connectivity index (χ4v) is 2.39. The quantitative estimate of drug-likeness (QED) is 0.865. The van der Waals surface area contributed by atoms with E-state index < -0.39 is 0 Å². The van der Waals surface area contributed by atoms with Crippen LogP contribution < -0.4 is 15.4 Å². The second-order valence-corrected chi connectivity index (χ2v) is 4.99. The van der Waals surface area contributed by atoms with E-state index in [0.29, 0.717) is 23.0 Å². The molecular weight excluding hydrogens is 276 g/mol. The Morgan fingerprint density at radius 2 is 2.05 bits per heavy atom. The van der Waals surface area contributed by atoms with Gasteiger partial charge < -0.3 is 15.4 Å². The Labute approximate surface area is 121 Å². The van der Waals surface area contributed by atoms with E-state index in [1.807, 2.05) is 24.3 Å². The topological polar surface area (TPSA) is 55.6 Å².